The molecule has 0 aromatic heterocycles. The molecule has 0 aliphatic heterocycles. The van der Waals surface area contributed by atoms with Gasteiger partial charge in [0, 0.05) is 13.0 Å². The van der Waals surface area contributed by atoms with Crippen molar-refractivity contribution in [3.05, 3.63) is 65.5 Å². The van der Waals surface area contributed by atoms with Crippen LogP contribution in [0.2, 0.25) is 0 Å². The van der Waals surface area contributed by atoms with Gasteiger partial charge < -0.3 is 15.2 Å². The lowest BCUT2D eigenvalue weighted by Crippen LogP contribution is -2.42. The van der Waals surface area contributed by atoms with Gasteiger partial charge in [0.15, 0.2) is 0 Å². The standard InChI is InChI=1S/C21H22FNO4/c22-17-4-1-3-16(11-17)14-27-18-7-5-15(6-8-18)13-23-19(24)12-21(20(25)26)9-2-10-21/h1,3-8,11H,2,9-10,12-14H2,(H,23,24)(H,25,26). The number of hydrogen-bond donors (Lipinski definition) is 2. The summed E-state index contributed by atoms with van der Waals surface area (Å²) in [6.45, 7) is 0.601. The molecule has 1 amide bonds. The van der Waals surface area contributed by atoms with Gasteiger partial charge in [0.1, 0.15) is 18.2 Å². The molecule has 0 unspecified atom stereocenters. The first-order valence-electron chi connectivity index (χ1n) is 8.93. The summed E-state index contributed by atoms with van der Waals surface area (Å²) in [6, 6.07) is 13.5. The Morgan fingerprint density at radius 3 is 2.44 bits per heavy atom. The quantitative estimate of drug-likeness (QED) is 0.742. The lowest BCUT2D eigenvalue weighted by Gasteiger charge is -2.36. The van der Waals surface area contributed by atoms with Crippen LogP contribution in [0.1, 0.15) is 36.8 Å². The van der Waals surface area contributed by atoms with Crippen molar-refractivity contribution < 1.29 is 23.8 Å². The monoisotopic (exact) mass is 371 g/mol. The van der Waals surface area contributed by atoms with E-state index >= 15 is 0 Å². The molecule has 1 saturated carbocycles. The Morgan fingerprint density at radius 1 is 1.11 bits per heavy atom. The Labute approximate surface area is 157 Å². The molecular formula is C21H22FNO4. The van der Waals surface area contributed by atoms with E-state index in [1.165, 1.54) is 12.1 Å². The van der Waals surface area contributed by atoms with Crippen LogP contribution in [0.5, 0.6) is 5.75 Å². The molecule has 2 aromatic carbocycles. The van der Waals surface area contributed by atoms with E-state index in [4.69, 9.17) is 4.74 Å². The van der Waals surface area contributed by atoms with Crippen molar-refractivity contribution in [2.24, 2.45) is 5.41 Å². The molecule has 2 aromatic rings. The number of carboxylic acid groups (broad SMARTS) is 1. The molecule has 1 aliphatic rings. The lowest BCUT2D eigenvalue weighted by atomic mass is 9.66. The number of nitrogens with one attached hydrogen (secondary N) is 1. The fraction of sp³-hybridized carbons (Fsp3) is 0.333. The first-order valence-corrected chi connectivity index (χ1v) is 8.93. The molecule has 2 N–H and O–H groups in total. The number of halogens is 1. The minimum atomic E-state index is -0.885. The number of carbonyl (C=O) groups excluding carboxylic acids is 1. The number of carbonyl (C=O) groups is 2. The molecule has 6 heteroatoms. The fourth-order valence-electron chi connectivity index (χ4n) is 3.14. The van der Waals surface area contributed by atoms with Gasteiger partial charge in [0.2, 0.25) is 5.91 Å². The molecule has 0 heterocycles. The molecule has 0 spiro atoms. The normalized spacial score (nSPS) is 14.9. The number of carboxylic acids is 1. The van der Waals surface area contributed by atoms with Crippen LogP contribution >= 0.6 is 0 Å². The van der Waals surface area contributed by atoms with E-state index in [1.54, 1.807) is 24.3 Å². The van der Waals surface area contributed by atoms with Crippen LogP contribution in [0, 0.1) is 11.2 Å². The lowest BCUT2D eigenvalue weighted by molar-refractivity contribution is -0.157. The Kier molecular flexibility index (Phi) is 5.74. The van der Waals surface area contributed by atoms with E-state index in [9.17, 15) is 19.1 Å². The van der Waals surface area contributed by atoms with Crippen LogP contribution in [0.4, 0.5) is 4.39 Å². The summed E-state index contributed by atoms with van der Waals surface area (Å²) in [5, 5.41) is 12.1. The van der Waals surface area contributed by atoms with Crippen LogP contribution in [0.15, 0.2) is 48.5 Å². The first kappa shape index (κ1) is 18.9. The predicted molar refractivity (Wildman–Crippen MR) is 97.6 cm³/mol. The molecule has 0 bridgehead atoms. The summed E-state index contributed by atoms with van der Waals surface area (Å²) < 4.78 is 18.8. The maximum Gasteiger partial charge on any atom is 0.310 e. The Bertz CT molecular complexity index is 815. The second-order valence-electron chi connectivity index (χ2n) is 6.96. The van der Waals surface area contributed by atoms with Gasteiger partial charge in [-0.05, 0) is 48.2 Å². The van der Waals surface area contributed by atoms with Gasteiger partial charge in [-0.1, -0.05) is 30.7 Å². The summed E-state index contributed by atoms with van der Waals surface area (Å²) >= 11 is 0. The topological polar surface area (TPSA) is 75.6 Å². The molecule has 1 fully saturated rings. The second-order valence-corrected chi connectivity index (χ2v) is 6.96. The van der Waals surface area contributed by atoms with E-state index in [1.807, 2.05) is 12.1 Å². The molecule has 0 atom stereocenters. The van der Waals surface area contributed by atoms with Crippen molar-refractivity contribution in [3.8, 4) is 5.75 Å². The van der Waals surface area contributed by atoms with Crippen molar-refractivity contribution >= 4 is 11.9 Å². The van der Waals surface area contributed by atoms with Gasteiger partial charge in [0.25, 0.3) is 0 Å². The fourth-order valence-corrected chi connectivity index (χ4v) is 3.14. The molecule has 142 valence electrons. The molecule has 1 aliphatic carbocycles. The maximum absolute atomic E-state index is 13.1. The van der Waals surface area contributed by atoms with Gasteiger partial charge in [-0.3, -0.25) is 9.59 Å². The Morgan fingerprint density at radius 2 is 1.85 bits per heavy atom. The van der Waals surface area contributed by atoms with E-state index in [0.717, 1.165) is 17.5 Å². The van der Waals surface area contributed by atoms with Crippen LogP contribution < -0.4 is 10.1 Å². The van der Waals surface area contributed by atoms with E-state index in [0.29, 0.717) is 25.1 Å². The third kappa shape index (κ3) is 4.84. The molecular weight excluding hydrogens is 349 g/mol. The largest absolute Gasteiger partial charge is 0.489 e. The molecule has 27 heavy (non-hydrogen) atoms. The summed E-state index contributed by atoms with van der Waals surface area (Å²) in [5.41, 5.74) is 0.757. The van der Waals surface area contributed by atoms with Crippen LogP contribution in [0.3, 0.4) is 0 Å². The number of amides is 1. The van der Waals surface area contributed by atoms with Crippen molar-refractivity contribution in [3.63, 3.8) is 0 Å². The van der Waals surface area contributed by atoms with Gasteiger partial charge in [-0.15, -0.1) is 0 Å². The zero-order valence-electron chi connectivity index (χ0n) is 14.9. The number of hydrogen-bond acceptors (Lipinski definition) is 3. The van der Waals surface area contributed by atoms with Crippen LogP contribution in [-0.4, -0.2) is 17.0 Å². The highest BCUT2D eigenvalue weighted by atomic mass is 19.1. The zero-order valence-corrected chi connectivity index (χ0v) is 14.9. The molecule has 0 radical (unpaired) electrons. The SMILES string of the molecule is O=C(CC1(C(=O)O)CCC1)NCc1ccc(OCc2cccc(F)c2)cc1. The summed E-state index contributed by atoms with van der Waals surface area (Å²) in [4.78, 5) is 23.4. The highest BCUT2D eigenvalue weighted by Gasteiger charge is 2.45. The minimum Gasteiger partial charge on any atom is -0.489 e. The van der Waals surface area contributed by atoms with Crippen molar-refractivity contribution in [2.75, 3.05) is 0 Å². The van der Waals surface area contributed by atoms with Crippen LogP contribution in [-0.2, 0) is 22.7 Å². The third-order valence-corrected chi connectivity index (χ3v) is 4.97. The number of aliphatic carboxylic acids is 1. The van der Waals surface area contributed by atoms with Gasteiger partial charge >= 0.3 is 5.97 Å². The highest BCUT2D eigenvalue weighted by molar-refractivity contribution is 5.85. The Hall–Kier alpha value is -2.89. The number of benzene rings is 2. The van der Waals surface area contributed by atoms with Crippen molar-refractivity contribution in [2.45, 2.75) is 38.8 Å². The van der Waals surface area contributed by atoms with Gasteiger partial charge in [-0.2, -0.15) is 0 Å². The average molecular weight is 371 g/mol. The molecule has 3 rings (SSSR count). The number of rotatable bonds is 8. The summed E-state index contributed by atoms with van der Waals surface area (Å²) in [7, 11) is 0. The van der Waals surface area contributed by atoms with E-state index in [2.05, 4.69) is 5.32 Å². The second kappa shape index (κ2) is 8.20. The predicted octanol–water partition coefficient (Wildman–Crippen LogP) is 3.67. The summed E-state index contributed by atoms with van der Waals surface area (Å²) in [6.07, 6.45) is 2.01. The number of ether oxygens (including phenoxy) is 1. The van der Waals surface area contributed by atoms with Gasteiger partial charge in [0.05, 0.1) is 5.41 Å². The summed E-state index contributed by atoms with van der Waals surface area (Å²) in [5.74, 6) is -0.783. The van der Waals surface area contributed by atoms with Crippen LogP contribution in [0.25, 0.3) is 0 Å². The first-order chi connectivity index (χ1) is 13.0. The zero-order chi connectivity index (χ0) is 19.3. The smallest absolute Gasteiger partial charge is 0.310 e. The minimum absolute atomic E-state index is 0.0250. The Balaban J connectivity index is 1.46. The molecule has 0 saturated heterocycles. The third-order valence-electron chi connectivity index (χ3n) is 4.97. The highest BCUT2D eigenvalue weighted by Crippen LogP contribution is 2.44. The van der Waals surface area contributed by atoms with Crippen molar-refractivity contribution in [1.82, 2.24) is 5.32 Å². The average Bonchev–Trinajstić information content (AvgIpc) is 2.62. The molecule has 5 nitrogen and oxygen atoms in total. The van der Waals surface area contributed by atoms with Gasteiger partial charge in [-0.25, -0.2) is 4.39 Å². The maximum atomic E-state index is 13.1. The van der Waals surface area contributed by atoms with E-state index in [-0.39, 0.29) is 24.8 Å². The van der Waals surface area contributed by atoms with Crippen molar-refractivity contribution in [1.29, 1.82) is 0 Å². The van der Waals surface area contributed by atoms with E-state index < -0.39 is 11.4 Å².